The number of rotatable bonds is 3. The van der Waals surface area contributed by atoms with Crippen molar-refractivity contribution in [2.45, 2.75) is 32.6 Å². The summed E-state index contributed by atoms with van der Waals surface area (Å²) in [7, 11) is 0. The summed E-state index contributed by atoms with van der Waals surface area (Å²) in [5, 5.41) is 0.677. The SMILES string of the molecule is Cc1ccc2[nH]c(-c3cc(N4CCC[C@@H](C(=O)N5CCCC5)C4)ccc3Cl)nc2c1. The largest absolute Gasteiger partial charge is 0.371 e. The van der Waals surface area contributed by atoms with Crippen LogP contribution in [0.3, 0.4) is 0 Å². The highest BCUT2D eigenvalue weighted by molar-refractivity contribution is 6.33. The van der Waals surface area contributed by atoms with Gasteiger partial charge in [0.05, 0.1) is 22.0 Å². The van der Waals surface area contributed by atoms with Crippen LogP contribution in [0.1, 0.15) is 31.2 Å². The first-order valence-electron chi connectivity index (χ1n) is 10.9. The number of aryl methyl sites for hydroxylation is 1. The third kappa shape index (κ3) is 3.67. The zero-order valence-electron chi connectivity index (χ0n) is 17.3. The monoisotopic (exact) mass is 422 g/mol. The van der Waals surface area contributed by atoms with E-state index >= 15 is 0 Å². The summed E-state index contributed by atoms with van der Waals surface area (Å²) < 4.78 is 0. The van der Waals surface area contributed by atoms with Gasteiger partial charge < -0.3 is 14.8 Å². The topological polar surface area (TPSA) is 52.2 Å². The number of aromatic amines is 1. The molecule has 6 heteroatoms. The van der Waals surface area contributed by atoms with E-state index in [0.717, 1.165) is 80.0 Å². The Bertz CT molecular complexity index is 1090. The molecule has 5 nitrogen and oxygen atoms in total. The number of likely N-dealkylation sites (tertiary alicyclic amines) is 1. The molecule has 0 spiro atoms. The third-order valence-electron chi connectivity index (χ3n) is 6.40. The van der Waals surface area contributed by atoms with Gasteiger partial charge in [0.1, 0.15) is 5.82 Å². The molecule has 2 aliphatic rings. The van der Waals surface area contributed by atoms with E-state index in [1.807, 2.05) is 6.07 Å². The van der Waals surface area contributed by atoms with Crippen molar-refractivity contribution in [3.05, 3.63) is 47.0 Å². The lowest BCUT2D eigenvalue weighted by atomic mass is 9.96. The minimum Gasteiger partial charge on any atom is -0.371 e. The Morgan fingerprint density at radius 3 is 2.77 bits per heavy atom. The summed E-state index contributed by atoms with van der Waals surface area (Å²) in [6.45, 7) is 5.65. The number of piperidine rings is 1. The number of nitrogens with zero attached hydrogens (tertiary/aromatic N) is 3. The minimum absolute atomic E-state index is 0.0881. The van der Waals surface area contributed by atoms with Gasteiger partial charge in [-0.05, 0) is 68.5 Å². The molecule has 0 unspecified atom stereocenters. The molecular weight excluding hydrogens is 396 g/mol. The zero-order chi connectivity index (χ0) is 20.7. The van der Waals surface area contributed by atoms with Crippen molar-refractivity contribution in [2.24, 2.45) is 5.92 Å². The molecule has 1 aromatic heterocycles. The second-order valence-corrected chi connectivity index (χ2v) is 8.99. The van der Waals surface area contributed by atoms with Crippen molar-refractivity contribution in [3.63, 3.8) is 0 Å². The maximum Gasteiger partial charge on any atom is 0.227 e. The lowest BCUT2D eigenvalue weighted by Gasteiger charge is -2.35. The third-order valence-corrected chi connectivity index (χ3v) is 6.73. The van der Waals surface area contributed by atoms with Gasteiger partial charge in [-0.25, -0.2) is 4.98 Å². The van der Waals surface area contributed by atoms with Crippen molar-refractivity contribution >= 4 is 34.2 Å². The van der Waals surface area contributed by atoms with Crippen LogP contribution in [0.4, 0.5) is 5.69 Å². The van der Waals surface area contributed by atoms with Crippen molar-refractivity contribution in [3.8, 4) is 11.4 Å². The Morgan fingerprint density at radius 1 is 1.10 bits per heavy atom. The molecule has 2 aliphatic heterocycles. The van der Waals surface area contributed by atoms with E-state index in [1.54, 1.807) is 0 Å². The molecule has 0 bridgehead atoms. The average Bonchev–Trinajstić information content (AvgIpc) is 3.43. The van der Waals surface area contributed by atoms with Gasteiger partial charge >= 0.3 is 0 Å². The zero-order valence-corrected chi connectivity index (χ0v) is 18.1. The van der Waals surface area contributed by atoms with Gasteiger partial charge in [-0.1, -0.05) is 17.7 Å². The normalized spacial score (nSPS) is 19.6. The molecule has 1 amide bonds. The predicted octanol–water partition coefficient (Wildman–Crippen LogP) is 5.03. The van der Waals surface area contributed by atoms with Crippen LogP contribution in [-0.2, 0) is 4.79 Å². The molecule has 1 atom stereocenters. The molecule has 156 valence electrons. The number of nitrogens with one attached hydrogen (secondary N) is 1. The number of H-pyrrole nitrogens is 1. The predicted molar refractivity (Wildman–Crippen MR) is 122 cm³/mol. The Labute approximate surface area is 182 Å². The van der Waals surface area contributed by atoms with Gasteiger partial charge in [0.25, 0.3) is 0 Å². The molecule has 5 rings (SSSR count). The van der Waals surface area contributed by atoms with E-state index in [-0.39, 0.29) is 5.92 Å². The fourth-order valence-electron chi connectivity index (χ4n) is 4.74. The molecular formula is C24H27ClN4O. The fourth-order valence-corrected chi connectivity index (χ4v) is 4.95. The number of halogens is 1. The first-order chi connectivity index (χ1) is 14.6. The van der Waals surface area contributed by atoms with Crippen LogP contribution < -0.4 is 4.90 Å². The summed E-state index contributed by atoms with van der Waals surface area (Å²) in [6.07, 6.45) is 4.29. The Hall–Kier alpha value is -2.53. The Balaban J connectivity index is 1.41. The lowest BCUT2D eigenvalue weighted by Crippen LogP contribution is -2.44. The number of fused-ring (bicyclic) bond motifs is 1. The van der Waals surface area contributed by atoms with Crippen molar-refractivity contribution in [1.29, 1.82) is 0 Å². The van der Waals surface area contributed by atoms with Crippen LogP contribution in [0, 0.1) is 12.8 Å². The smallest absolute Gasteiger partial charge is 0.227 e. The minimum atomic E-state index is 0.0881. The molecule has 2 saturated heterocycles. The standard InChI is InChI=1S/C24H27ClN4O/c1-16-6-9-21-22(13-16)27-23(26-21)19-14-18(7-8-20(19)25)29-12-4-5-17(15-29)24(30)28-10-2-3-11-28/h6-9,13-14,17H,2-5,10-12,15H2,1H3,(H,26,27)/t17-/m1/s1. The highest BCUT2D eigenvalue weighted by atomic mass is 35.5. The molecule has 2 fully saturated rings. The van der Waals surface area contributed by atoms with E-state index in [9.17, 15) is 4.79 Å². The first-order valence-corrected chi connectivity index (χ1v) is 11.3. The van der Waals surface area contributed by atoms with Crippen LogP contribution in [0.2, 0.25) is 5.02 Å². The van der Waals surface area contributed by atoms with Crippen LogP contribution in [0.5, 0.6) is 0 Å². The lowest BCUT2D eigenvalue weighted by molar-refractivity contribution is -0.134. The maximum absolute atomic E-state index is 12.9. The molecule has 0 aliphatic carbocycles. The molecule has 2 aromatic carbocycles. The highest BCUT2D eigenvalue weighted by Gasteiger charge is 2.30. The van der Waals surface area contributed by atoms with Crippen LogP contribution >= 0.6 is 11.6 Å². The average molecular weight is 423 g/mol. The van der Waals surface area contributed by atoms with Crippen LogP contribution in [0.25, 0.3) is 22.4 Å². The van der Waals surface area contributed by atoms with Gasteiger partial charge in [-0.3, -0.25) is 4.79 Å². The van der Waals surface area contributed by atoms with Crippen molar-refractivity contribution in [1.82, 2.24) is 14.9 Å². The second-order valence-electron chi connectivity index (χ2n) is 8.59. The Kier molecular flexibility index (Phi) is 5.15. The number of anilines is 1. The summed E-state index contributed by atoms with van der Waals surface area (Å²) in [5.74, 6) is 1.20. The summed E-state index contributed by atoms with van der Waals surface area (Å²) in [6, 6.07) is 12.3. The summed E-state index contributed by atoms with van der Waals surface area (Å²) in [5.41, 5.74) is 5.13. The maximum atomic E-state index is 12.9. The molecule has 3 heterocycles. The van der Waals surface area contributed by atoms with E-state index in [0.29, 0.717) is 10.9 Å². The number of hydrogen-bond donors (Lipinski definition) is 1. The van der Waals surface area contributed by atoms with Gasteiger partial charge in [-0.2, -0.15) is 0 Å². The summed E-state index contributed by atoms with van der Waals surface area (Å²) >= 11 is 6.55. The number of amides is 1. The van der Waals surface area contributed by atoms with Crippen LogP contribution in [-0.4, -0.2) is 47.0 Å². The molecule has 3 aromatic rings. The summed E-state index contributed by atoms with van der Waals surface area (Å²) in [4.78, 5) is 25.5. The quantitative estimate of drug-likeness (QED) is 0.644. The molecule has 0 radical (unpaired) electrons. The number of benzene rings is 2. The van der Waals surface area contributed by atoms with Gasteiger partial charge in [-0.15, -0.1) is 0 Å². The van der Waals surface area contributed by atoms with Gasteiger partial charge in [0.2, 0.25) is 5.91 Å². The highest BCUT2D eigenvalue weighted by Crippen LogP contribution is 2.33. The molecule has 30 heavy (non-hydrogen) atoms. The van der Waals surface area contributed by atoms with E-state index in [4.69, 9.17) is 16.6 Å². The van der Waals surface area contributed by atoms with Gasteiger partial charge in [0, 0.05) is 37.4 Å². The fraction of sp³-hybridized carbons (Fsp3) is 0.417. The number of carbonyl (C=O) groups is 1. The van der Waals surface area contributed by atoms with Crippen molar-refractivity contribution in [2.75, 3.05) is 31.1 Å². The van der Waals surface area contributed by atoms with Gasteiger partial charge in [0.15, 0.2) is 0 Å². The number of carbonyl (C=O) groups excluding carboxylic acids is 1. The van der Waals surface area contributed by atoms with Crippen LogP contribution in [0.15, 0.2) is 36.4 Å². The van der Waals surface area contributed by atoms with E-state index < -0.39 is 0 Å². The van der Waals surface area contributed by atoms with E-state index in [2.05, 4.69) is 52.0 Å². The van der Waals surface area contributed by atoms with Crippen molar-refractivity contribution < 1.29 is 4.79 Å². The molecule has 1 N–H and O–H groups in total. The molecule has 0 saturated carbocycles. The Morgan fingerprint density at radius 2 is 1.93 bits per heavy atom. The number of hydrogen-bond acceptors (Lipinski definition) is 3. The van der Waals surface area contributed by atoms with E-state index in [1.165, 1.54) is 5.56 Å². The number of imidazole rings is 1. The second kappa shape index (κ2) is 7.95. The first kappa shape index (κ1) is 19.4. The number of aromatic nitrogens is 2.